The van der Waals surface area contributed by atoms with Gasteiger partial charge in [0, 0.05) is 36.3 Å². The molecule has 1 aliphatic rings. The Balaban J connectivity index is 1.39. The largest absolute Gasteiger partial charge is 0.457 e. The van der Waals surface area contributed by atoms with Crippen LogP contribution in [-0.4, -0.2) is 28.2 Å². The maximum Gasteiger partial charge on any atom is 0.229 e. The zero-order chi connectivity index (χ0) is 19.6. The second-order valence-electron chi connectivity index (χ2n) is 7.37. The molecule has 4 aromatic rings. The van der Waals surface area contributed by atoms with Gasteiger partial charge in [0.1, 0.15) is 11.5 Å². The second-order valence-corrected chi connectivity index (χ2v) is 7.37. The fourth-order valence-corrected chi connectivity index (χ4v) is 3.92. The van der Waals surface area contributed by atoms with Crippen LogP contribution in [0.3, 0.4) is 0 Å². The third-order valence-corrected chi connectivity index (χ3v) is 5.40. The molecule has 0 spiro atoms. The fraction of sp³-hybridized carbons (Fsp3) is 0.261. The first-order valence-corrected chi connectivity index (χ1v) is 9.93. The van der Waals surface area contributed by atoms with Crippen molar-refractivity contribution in [3.63, 3.8) is 0 Å². The van der Waals surface area contributed by atoms with Gasteiger partial charge in [0.15, 0.2) is 5.82 Å². The number of aromatic nitrogens is 3. The molecule has 3 heterocycles. The van der Waals surface area contributed by atoms with Crippen molar-refractivity contribution in [2.45, 2.75) is 25.7 Å². The van der Waals surface area contributed by atoms with Gasteiger partial charge in [0.05, 0.1) is 5.52 Å². The Bertz CT molecular complexity index is 1120. The molecule has 5 rings (SSSR count). The number of nitrogens with zero attached hydrogens (tertiary/aromatic N) is 4. The molecule has 2 aromatic carbocycles. The number of benzene rings is 2. The monoisotopic (exact) mass is 386 g/mol. The minimum atomic E-state index is 0.331. The Morgan fingerprint density at radius 3 is 2.59 bits per heavy atom. The lowest BCUT2D eigenvalue weighted by Gasteiger charge is -2.32. The number of hydrogen-bond donors (Lipinski definition) is 0. The molecule has 1 fully saturated rings. The first-order valence-electron chi connectivity index (χ1n) is 9.93. The van der Waals surface area contributed by atoms with Crippen LogP contribution in [0.1, 0.15) is 30.5 Å². The number of fused-ring (bicyclic) bond motifs is 1. The second kappa shape index (κ2) is 7.54. The lowest BCUT2D eigenvalue weighted by molar-refractivity contribution is 0.327. The Labute approximate surface area is 169 Å². The number of ether oxygens (including phenoxy) is 1. The van der Waals surface area contributed by atoms with Crippen molar-refractivity contribution >= 4 is 16.6 Å². The molecule has 0 unspecified atom stereocenters. The van der Waals surface area contributed by atoms with Crippen LogP contribution in [-0.2, 0) is 0 Å². The van der Waals surface area contributed by atoms with Crippen molar-refractivity contribution in [3.05, 3.63) is 72.5 Å². The first kappa shape index (κ1) is 17.7. The summed E-state index contributed by atoms with van der Waals surface area (Å²) in [4.78, 5) is 11.4. The van der Waals surface area contributed by atoms with Crippen LogP contribution in [0.2, 0.25) is 0 Å². The summed E-state index contributed by atoms with van der Waals surface area (Å²) in [5.41, 5.74) is 2.16. The van der Waals surface area contributed by atoms with E-state index in [-0.39, 0.29) is 0 Å². The molecule has 0 atom stereocenters. The molecule has 146 valence electrons. The molecular formula is C23H22N4O2. The molecule has 0 radical (unpaired) electrons. The first-order chi connectivity index (χ1) is 14.3. The van der Waals surface area contributed by atoms with Crippen molar-refractivity contribution in [3.8, 4) is 11.5 Å². The molecule has 2 aromatic heterocycles. The molecule has 0 saturated carbocycles. The van der Waals surface area contributed by atoms with Crippen molar-refractivity contribution in [2.24, 2.45) is 0 Å². The topological polar surface area (TPSA) is 64.3 Å². The number of hydrogen-bond acceptors (Lipinski definition) is 6. The Hall–Kier alpha value is -3.41. The van der Waals surface area contributed by atoms with Crippen molar-refractivity contribution < 1.29 is 9.26 Å². The Morgan fingerprint density at radius 1 is 1.00 bits per heavy atom. The third-order valence-electron chi connectivity index (χ3n) is 5.40. The van der Waals surface area contributed by atoms with Crippen molar-refractivity contribution in [2.75, 3.05) is 18.0 Å². The zero-order valence-electron chi connectivity index (χ0n) is 16.3. The fourth-order valence-electron chi connectivity index (χ4n) is 3.92. The highest BCUT2D eigenvalue weighted by atomic mass is 16.5. The third kappa shape index (κ3) is 3.66. The molecule has 1 aliphatic heterocycles. The summed E-state index contributed by atoms with van der Waals surface area (Å²) in [6.07, 6.45) is 3.86. The lowest BCUT2D eigenvalue weighted by atomic mass is 9.96. The van der Waals surface area contributed by atoms with E-state index in [2.05, 4.69) is 32.2 Å². The Morgan fingerprint density at radius 2 is 1.83 bits per heavy atom. The summed E-state index contributed by atoms with van der Waals surface area (Å²) in [5, 5.41) is 5.04. The molecule has 0 amide bonds. The van der Waals surface area contributed by atoms with E-state index in [9.17, 15) is 0 Å². The molecule has 0 bridgehead atoms. The van der Waals surface area contributed by atoms with Gasteiger partial charge in [0.25, 0.3) is 0 Å². The van der Waals surface area contributed by atoms with Gasteiger partial charge in [-0.15, -0.1) is 0 Å². The predicted molar refractivity (Wildman–Crippen MR) is 111 cm³/mol. The average Bonchev–Trinajstić information content (AvgIpc) is 3.20. The summed E-state index contributed by atoms with van der Waals surface area (Å²) >= 11 is 0. The van der Waals surface area contributed by atoms with Gasteiger partial charge in [-0.05, 0) is 56.2 Å². The predicted octanol–water partition coefficient (Wildman–Crippen LogP) is 5.10. The van der Waals surface area contributed by atoms with E-state index in [0.717, 1.165) is 54.2 Å². The highest BCUT2D eigenvalue weighted by Crippen LogP contribution is 2.34. The maximum absolute atomic E-state index is 6.03. The number of aryl methyl sites for hydroxylation is 1. The van der Waals surface area contributed by atoms with Crippen molar-refractivity contribution in [1.82, 2.24) is 15.1 Å². The normalized spacial score (nSPS) is 15.0. The van der Waals surface area contributed by atoms with Crippen molar-refractivity contribution in [1.29, 1.82) is 0 Å². The van der Waals surface area contributed by atoms with E-state index in [1.54, 1.807) is 0 Å². The quantitative estimate of drug-likeness (QED) is 0.486. The smallest absolute Gasteiger partial charge is 0.229 e. The van der Waals surface area contributed by atoms with E-state index < -0.39 is 0 Å². The van der Waals surface area contributed by atoms with Crippen LogP contribution in [0.15, 0.2) is 65.3 Å². The summed E-state index contributed by atoms with van der Waals surface area (Å²) in [6, 6.07) is 18.0. The van der Waals surface area contributed by atoms with Gasteiger partial charge in [-0.3, -0.25) is 4.98 Å². The van der Waals surface area contributed by atoms with Crippen LogP contribution in [0.25, 0.3) is 10.9 Å². The van der Waals surface area contributed by atoms with E-state index in [0.29, 0.717) is 11.7 Å². The SMILES string of the molecule is Cc1noc(C2CCN(c3ccnc4ccc(Oc5ccccc5)cc34)CC2)n1. The summed E-state index contributed by atoms with van der Waals surface area (Å²) < 4.78 is 11.4. The zero-order valence-corrected chi connectivity index (χ0v) is 16.3. The standard InChI is InChI=1S/C23H22N4O2/c1-16-25-23(29-26-16)17-10-13-27(14-11-17)22-9-12-24-21-8-7-19(15-20(21)22)28-18-5-3-2-4-6-18/h2-9,12,15,17H,10-11,13-14H2,1H3. The summed E-state index contributed by atoms with van der Waals surface area (Å²) in [6.45, 7) is 3.74. The molecular weight excluding hydrogens is 364 g/mol. The van der Waals surface area contributed by atoms with Gasteiger partial charge >= 0.3 is 0 Å². The summed E-state index contributed by atoms with van der Waals surface area (Å²) in [7, 11) is 0. The molecule has 29 heavy (non-hydrogen) atoms. The van der Waals surface area contributed by atoms with Crippen LogP contribution >= 0.6 is 0 Å². The molecule has 6 heteroatoms. The molecule has 0 N–H and O–H groups in total. The average molecular weight is 386 g/mol. The summed E-state index contributed by atoms with van der Waals surface area (Å²) in [5.74, 6) is 3.44. The van der Waals surface area contributed by atoms with Crippen LogP contribution in [0.4, 0.5) is 5.69 Å². The van der Waals surface area contributed by atoms with E-state index in [1.807, 2.05) is 55.6 Å². The molecule has 1 saturated heterocycles. The van der Waals surface area contributed by atoms with E-state index >= 15 is 0 Å². The van der Waals surface area contributed by atoms with Gasteiger partial charge in [-0.25, -0.2) is 0 Å². The van der Waals surface area contributed by atoms with Gasteiger partial charge in [-0.2, -0.15) is 4.98 Å². The number of pyridine rings is 1. The van der Waals surface area contributed by atoms with Crippen LogP contribution < -0.4 is 9.64 Å². The highest BCUT2D eigenvalue weighted by molar-refractivity contribution is 5.92. The van der Waals surface area contributed by atoms with Crippen LogP contribution in [0, 0.1) is 6.92 Å². The van der Waals surface area contributed by atoms with E-state index in [1.165, 1.54) is 5.69 Å². The molecule has 0 aliphatic carbocycles. The highest BCUT2D eigenvalue weighted by Gasteiger charge is 2.25. The maximum atomic E-state index is 6.03. The molecule has 6 nitrogen and oxygen atoms in total. The lowest BCUT2D eigenvalue weighted by Crippen LogP contribution is -2.33. The van der Waals surface area contributed by atoms with Gasteiger partial charge in [0.2, 0.25) is 5.89 Å². The number of rotatable bonds is 4. The minimum Gasteiger partial charge on any atom is -0.457 e. The van der Waals surface area contributed by atoms with Gasteiger partial charge in [-0.1, -0.05) is 23.4 Å². The number of para-hydroxylation sites is 1. The number of anilines is 1. The van der Waals surface area contributed by atoms with Gasteiger partial charge < -0.3 is 14.2 Å². The number of piperidine rings is 1. The van der Waals surface area contributed by atoms with Crippen LogP contribution in [0.5, 0.6) is 11.5 Å². The minimum absolute atomic E-state index is 0.331. The van der Waals surface area contributed by atoms with E-state index in [4.69, 9.17) is 9.26 Å². The Kier molecular flexibility index (Phi) is 4.60.